The van der Waals surface area contributed by atoms with Gasteiger partial charge >= 0.3 is 49.7 Å². The Bertz CT molecular complexity index is 2120. The van der Waals surface area contributed by atoms with Gasteiger partial charge in [-0.25, -0.2) is 0 Å². The molecule has 0 spiro atoms. The van der Waals surface area contributed by atoms with E-state index in [1.165, 1.54) is 12.1 Å². The van der Waals surface area contributed by atoms with Crippen LogP contribution in [0.4, 0.5) is 4.39 Å². The van der Waals surface area contributed by atoms with Gasteiger partial charge in [0.2, 0.25) is 0 Å². The van der Waals surface area contributed by atoms with Crippen molar-refractivity contribution >= 4 is 59.8 Å². The quantitative estimate of drug-likeness (QED) is 0.0267. The third-order valence-corrected chi connectivity index (χ3v) is 11.4. The average molecular weight is 1040 g/mol. The Morgan fingerprint density at radius 3 is 1.50 bits per heavy atom. The van der Waals surface area contributed by atoms with Crippen LogP contribution in [0.5, 0.6) is 0 Å². The molecule has 0 saturated carbocycles. The SMILES string of the molecule is Cc1ccc(S(=O)(=O)OCCC[C@H](C[C@H](NC(c2ccccc2)(c2ccccc2)c2ccccc2)C(=O)OC(C)(C)C)C(=O)OC(C)(C)C)cc1.N[C@@H](C[C@@H](CCC[18F])C(=O)O)C(=O)O.[InH3]. The topological polar surface area (TPSA) is 209 Å². The van der Waals surface area contributed by atoms with Crippen molar-refractivity contribution in [1.82, 2.24) is 5.32 Å². The van der Waals surface area contributed by atoms with Gasteiger partial charge in [0.25, 0.3) is 10.1 Å². The molecule has 66 heavy (non-hydrogen) atoms. The van der Waals surface area contributed by atoms with Crippen LogP contribution in [0.15, 0.2) is 120 Å². The number of aryl methyl sites for hydroxylation is 1. The second-order valence-corrected chi connectivity index (χ2v) is 19.4. The number of nitrogens with one attached hydrogen (secondary N) is 1. The molecule has 0 fully saturated rings. The summed E-state index contributed by atoms with van der Waals surface area (Å²) in [6.07, 6.45) is 0.509. The second kappa shape index (κ2) is 26.7. The van der Waals surface area contributed by atoms with E-state index in [1.54, 1.807) is 53.7 Å². The molecule has 0 bridgehead atoms. The monoisotopic (exact) mass is 1040 g/mol. The van der Waals surface area contributed by atoms with Crippen molar-refractivity contribution in [3.63, 3.8) is 0 Å². The number of carbonyl (C=O) groups is 4. The molecule has 0 aliphatic rings. The van der Waals surface area contributed by atoms with E-state index in [0.717, 1.165) is 22.3 Å². The van der Waals surface area contributed by atoms with Gasteiger partial charge in [0.1, 0.15) is 23.3 Å². The summed E-state index contributed by atoms with van der Waals surface area (Å²) < 4.78 is 54.8. The molecule has 16 heteroatoms. The Balaban J connectivity index is 0.000000860. The normalized spacial score (nSPS) is 13.7. The van der Waals surface area contributed by atoms with Crippen LogP contribution in [-0.4, -0.2) is 105 Å². The van der Waals surface area contributed by atoms with Crippen LogP contribution >= 0.6 is 0 Å². The summed E-state index contributed by atoms with van der Waals surface area (Å²) in [6, 6.07) is 33.8. The van der Waals surface area contributed by atoms with Gasteiger partial charge in [-0.05, 0) is 116 Å². The number of esters is 2. The molecule has 4 atom stereocenters. The standard InChI is InChI=1S/C42H51NO7S.C8H14FNO4.In.3H/c1-31-25-27-36(28-26-31)51(46,47)48-29-17-18-32(38(44)49-40(2,3)4)30-37(39(45)50-41(5,6)7)43-42(33-19-11-8-12-20-33,34-21-13-9-14-22-34)35-23-15-10-16-24-35;9-3-1-2-5(7(11)12)4-6(10)8(13)14;;;;/h8-16,19-28,32,37,43H,17-18,29-30H2,1-7H3;5-6H,1-4,10H2,(H,11,12)(H,13,14);;;;/t32-,37+;5-,6+;;;;/m11..../s1/i;9-1;;;;. The second-order valence-electron chi connectivity index (χ2n) is 17.8. The fourth-order valence-corrected chi connectivity index (χ4v) is 7.95. The number of aliphatic carboxylic acids is 2. The Morgan fingerprint density at radius 1 is 0.652 bits per heavy atom. The van der Waals surface area contributed by atoms with Crippen LogP contribution in [0, 0.1) is 18.8 Å². The molecular weight excluding hydrogens is 969 g/mol. The first-order valence-electron chi connectivity index (χ1n) is 21.6. The van der Waals surface area contributed by atoms with E-state index in [0.29, 0.717) is 0 Å². The molecule has 0 unspecified atom stereocenters. The van der Waals surface area contributed by atoms with Crippen LogP contribution in [0.3, 0.4) is 0 Å². The van der Waals surface area contributed by atoms with Crippen molar-refractivity contribution in [3.05, 3.63) is 138 Å². The summed E-state index contributed by atoms with van der Waals surface area (Å²) >= 11 is 0. The zero-order valence-corrected chi connectivity index (χ0v) is 39.2. The molecule has 360 valence electrons. The first-order valence-corrected chi connectivity index (χ1v) is 23.0. The van der Waals surface area contributed by atoms with E-state index in [2.05, 4.69) is 5.32 Å². The fraction of sp³-hybridized carbons (Fsp3) is 0.440. The van der Waals surface area contributed by atoms with Gasteiger partial charge in [-0.2, -0.15) is 8.42 Å². The summed E-state index contributed by atoms with van der Waals surface area (Å²) in [5.41, 5.74) is 6.12. The number of hydrogen-bond donors (Lipinski definition) is 4. The van der Waals surface area contributed by atoms with E-state index < -0.39 is 81.3 Å². The molecule has 0 radical (unpaired) electrons. The molecule has 0 saturated heterocycles. The van der Waals surface area contributed by atoms with Crippen molar-refractivity contribution in [1.29, 1.82) is 0 Å². The number of ether oxygens (including phenoxy) is 2. The molecule has 4 aromatic carbocycles. The summed E-state index contributed by atoms with van der Waals surface area (Å²) in [7, 11) is -4.00. The maximum absolute atomic E-state index is 14.3. The number of hydrogen-bond acceptors (Lipinski definition) is 11. The number of carbonyl (C=O) groups excluding carboxylic acids is 2. The molecule has 4 rings (SSSR count). The molecule has 0 aromatic heterocycles. The zero-order chi connectivity index (χ0) is 48.4. The zero-order valence-electron chi connectivity index (χ0n) is 38.4. The number of nitrogens with two attached hydrogens (primary N) is 1. The summed E-state index contributed by atoms with van der Waals surface area (Å²) in [4.78, 5) is 49.1. The van der Waals surface area contributed by atoms with Gasteiger partial charge in [-0.15, -0.1) is 0 Å². The van der Waals surface area contributed by atoms with Crippen LogP contribution in [0.25, 0.3) is 0 Å². The van der Waals surface area contributed by atoms with E-state index in [1.807, 2.05) is 97.9 Å². The molecule has 0 heterocycles. The molecule has 0 aliphatic heterocycles. The predicted octanol–water partition coefficient (Wildman–Crippen LogP) is 7.18. The van der Waals surface area contributed by atoms with Crippen LogP contribution in [-0.2, 0) is 48.5 Å². The minimum absolute atomic E-state index is 0. The van der Waals surface area contributed by atoms with E-state index in [9.17, 15) is 32.0 Å². The molecule has 5 N–H and O–H groups in total. The van der Waals surface area contributed by atoms with Gasteiger partial charge in [-0.3, -0.25) is 33.1 Å². The van der Waals surface area contributed by atoms with Crippen molar-refractivity contribution in [3.8, 4) is 0 Å². The summed E-state index contributed by atoms with van der Waals surface area (Å²) in [5.74, 6) is -5.08. The van der Waals surface area contributed by atoms with Gasteiger partial charge in [0.15, 0.2) is 0 Å². The number of carboxylic acid groups (broad SMARTS) is 2. The van der Waals surface area contributed by atoms with Gasteiger partial charge in [0.05, 0.1) is 35.6 Å². The summed E-state index contributed by atoms with van der Waals surface area (Å²) in [5, 5.41) is 20.8. The third kappa shape index (κ3) is 18.6. The Hall–Kier alpha value is -4.61. The first-order chi connectivity index (χ1) is 30.5. The predicted molar refractivity (Wildman–Crippen MR) is 256 cm³/mol. The molecule has 0 amide bonds. The van der Waals surface area contributed by atoms with Gasteiger partial charge < -0.3 is 25.4 Å². The van der Waals surface area contributed by atoms with Crippen molar-refractivity contribution in [2.24, 2.45) is 17.6 Å². The maximum atomic E-state index is 14.3. The molecule has 4 aromatic rings. The van der Waals surface area contributed by atoms with Crippen LogP contribution < -0.4 is 11.1 Å². The van der Waals surface area contributed by atoms with E-state index in [4.69, 9.17) is 29.6 Å². The first kappa shape index (κ1) is 57.5. The van der Waals surface area contributed by atoms with Gasteiger partial charge in [0, 0.05) is 0 Å². The van der Waals surface area contributed by atoms with Crippen LogP contribution in [0.1, 0.15) is 102 Å². The van der Waals surface area contributed by atoms with E-state index >= 15 is 0 Å². The Labute approximate surface area is 407 Å². The average Bonchev–Trinajstić information content (AvgIpc) is 3.24. The number of carboxylic acids is 2. The molecule has 13 nitrogen and oxygen atoms in total. The number of rotatable bonds is 22. The number of halogens is 1. The third-order valence-electron chi connectivity index (χ3n) is 10.1. The van der Waals surface area contributed by atoms with Crippen molar-refractivity contribution < 1.29 is 55.9 Å². The van der Waals surface area contributed by atoms with Crippen molar-refractivity contribution in [2.45, 2.75) is 121 Å². The van der Waals surface area contributed by atoms with Crippen LogP contribution in [0.2, 0.25) is 0 Å². The molecular formula is C50H68FInN2O11S. The molecule has 0 aliphatic carbocycles. The summed E-state index contributed by atoms with van der Waals surface area (Å²) in [6.45, 7) is 11.9. The number of alkyl halides is 1. The van der Waals surface area contributed by atoms with E-state index in [-0.39, 0.29) is 75.9 Å². The Kier molecular flexibility index (Phi) is 23.2. The number of benzene rings is 4. The fourth-order valence-electron chi connectivity index (χ4n) is 7.01. The van der Waals surface area contributed by atoms with Gasteiger partial charge in [-0.1, -0.05) is 109 Å². The van der Waals surface area contributed by atoms with Crippen molar-refractivity contribution in [2.75, 3.05) is 13.3 Å². The Morgan fingerprint density at radius 2 is 1.09 bits per heavy atom. The minimum atomic E-state index is -4.00.